The van der Waals surface area contributed by atoms with Crippen LogP contribution in [-0.4, -0.2) is 16.2 Å². The molecule has 0 radical (unpaired) electrons. The second-order valence-corrected chi connectivity index (χ2v) is 5.48. The van der Waals surface area contributed by atoms with Gasteiger partial charge in [-0.25, -0.2) is 4.99 Å². The van der Waals surface area contributed by atoms with Crippen LogP contribution in [0, 0.1) is 6.92 Å². The van der Waals surface area contributed by atoms with E-state index in [4.69, 9.17) is 4.42 Å². The van der Waals surface area contributed by atoms with E-state index >= 15 is 0 Å². The SMILES string of the molecule is Cc1ccc(/C=C2\SC(=Nc3cccc(O)c3)NC2=O)o1. The number of hydrogen-bond donors (Lipinski definition) is 2. The van der Waals surface area contributed by atoms with Gasteiger partial charge in [-0.1, -0.05) is 6.07 Å². The number of furan rings is 1. The Labute approximate surface area is 125 Å². The van der Waals surface area contributed by atoms with Crippen molar-refractivity contribution in [2.24, 2.45) is 4.99 Å². The maximum Gasteiger partial charge on any atom is 0.264 e. The molecule has 1 fully saturated rings. The Morgan fingerprint density at radius 3 is 2.90 bits per heavy atom. The zero-order chi connectivity index (χ0) is 14.8. The molecule has 106 valence electrons. The van der Waals surface area contributed by atoms with Gasteiger partial charge in [0.25, 0.3) is 5.91 Å². The lowest BCUT2D eigenvalue weighted by Gasteiger charge is -1.96. The molecule has 0 spiro atoms. The highest BCUT2D eigenvalue weighted by atomic mass is 32.2. The van der Waals surface area contributed by atoms with Crippen molar-refractivity contribution in [1.29, 1.82) is 0 Å². The average molecular weight is 300 g/mol. The van der Waals surface area contributed by atoms with Crippen molar-refractivity contribution in [2.75, 3.05) is 0 Å². The van der Waals surface area contributed by atoms with Crippen molar-refractivity contribution < 1.29 is 14.3 Å². The summed E-state index contributed by atoms with van der Waals surface area (Å²) in [4.78, 5) is 16.7. The number of rotatable bonds is 2. The number of thioether (sulfide) groups is 1. The number of phenolic OH excluding ortho intramolecular Hbond substituents is 1. The van der Waals surface area contributed by atoms with E-state index in [1.807, 2.05) is 13.0 Å². The van der Waals surface area contributed by atoms with Gasteiger partial charge in [-0.3, -0.25) is 4.79 Å². The van der Waals surface area contributed by atoms with Crippen molar-refractivity contribution >= 4 is 34.6 Å². The van der Waals surface area contributed by atoms with Crippen LogP contribution in [0.5, 0.6) is 5.75 Å². The van der Waals surface area contributed by atoms with Gasteiger partial charge in [0.05, 0.1) is 10.6 Å². The molecule has 5 nitrogen and oxygen atoms in total. The summed E-state index contributed by atoms with van der Waals surface area (Å²) >= 11 is 1.23. The Morgan fingerprint density at radius 2 is 2.19 bits per heavy atom. The summed E-state index contributed by atoms with van der Waals surface area (Å²) in [5.41, 5.74) is 0.577. The van der Waals surface area contributed by atoms with E-state index in [-0.39, 0.29) is 11.7 Å². The molecule has 1 aliphatic rings. The number of nitrogens with one attached hydrogen (secondary N) is 1. The van der Waals surface area contributed by atoms with E-state index in [9.17, 15) is 9.90 Å². The molecule has 2 N–H and O–H groups in total. The summed E-state index contributed by atoms with van der Waals surface area (Å²) in [7, 11) is 0. The molecule has 1 saturated heterocycles. The lowest BCUT2D eigenvalue weighted by Crippen LogP contribution is -2.19. The molecule has 0 atom stereocenters. The predicted octanol–water partition coefficient (Wildman–Crippen LogP) is 3.19. The summed E-state index contributed by atoms with van der Waals surface area (Å²) in [6.45, 7) is 1.85. The third kappa shape index (κ3) is 3.17. The largest absolute Gasteiger partial charge is 0.508 e. The zero-order valence-corrected chi connectivity index (χ0v) is 12.0. The number of hydrogen-bond acceptors (Lipinski definition) is 5. The van der Waals surface area contributed by atoms with Crippen molar-refractivity contribution in [2.45, 2.75) is 6.92 Å². The van der Waals surface area contributed by atoms with E-state index in [0.717, 1.165) is 5.76 Å². The minimum absolute atomic E-state index is 0.132. The summed E-state index contributed by atoms with van der Waals surface area (Å²) in [6.07, 6.45) is 1.68. The van der Waals surface area contributed by atoms with Crippen LogP contribution >= 0.6 is 11.8 Å². The smallest absolute Gasteiger partial charge is 0.264 e. The third-order valence-corrected chi connectivity index (χ3v) is 3.66. The maximum absolute atomic E-state index is 11.9. The number of aryl methyl sites for hydroxylation is 1. The van der Waals surface area contributed by atoms with Crippen molar-refractivity contribution in [1.82, 2.24) is 5.32 Å². The van der Waals surface area contributed by atoms with Crippen molar-refractivity contribution in [3.63, 3.8) is 0 Å². The monoisotopic (exact) mass is 300 g/mol. The maximum atomic E-state index is 11.9. The van der Waals surface area contributed by atoms with Gasteiger partial charge < -0.3 is 14.8 Å². The van der Waals surface area contributed by atoms with Crippen LogP contribution in [0.2, 0.25) is 0 Å². The minimum Gasteiger partial charge on any atom is -0.508 e. The fourth-order valence-electron chi connectivity index (χ4n) is 1.82. The fourth-order valence-corrected chi connectivity index (χ4v) is 2.64. The van der Waals surface area contributed by atoms with Crippen molar-refractivity contribution in [3.05, 3.63) is 52.8 Å². The number of aromatic hydroxyl groups is 1. The van der Waals surface area contributed by atoms with Crippen LogP contribution in [0.25, 0.3) is 6.08 Å². The standard InChI is InChI=1S/C15H12N2O3S/c1-9-5-6-12(20-9)8-13-14(19)17-15(21-13)16-10-3-2-4-11(18)7-10/h2-8,18H,1H3,(H,16,17,19)/b13-8-. The Balaban J connectivity index is 1.83. The molecule has 1 aromatic carbocycles. The Bertz CT molecular complexity index is 762. The Morgan fingerprint density at radius 1 is 1.33 bits per heavy atom. The average Bonchev–Trinajstić information content (AvgIpc) is 2.97. The summed E-state index contributed by atoms with van der Waals surface area (Å²) in [6, 6.07) is 10.2. The van der Waals surface area contributed by atoms with E-state index in [2.05, 4.69) is 10.3 Å². The van der Waals surface area contributed by atoms with Crippen LogP contribution in [0.1, 0.15) is 11.5 Å². The number of carbonyl (C=O) groups excluding carboxylic acids is 1. The lowest BCUT2D eigenvalue weighted by atomic mass is 10.3. The van der Waals surface area contributed by atoms with Crippen LogP contribution in [-0.2, 0) is 4.79 Å². The molecule has 0 saturated carbocycles. The van der Waals surface area contributed by atoms with E-state index in [0.29, 0.717) is 21.5 Å². The summed E-state index contributed by atoms with van der Waals surface area (Å²) < 4.78 is 5.42. The Kier molecular flexibility index (Phi) is 3.53. The molecule has 0 bridgehead atoms. The molecule has 0 aliphatic carbocycles. The highest BCUT2D eigenvalue weighted by Gasteiger charge is 2.24. The van der Waals surface area contributed by atoms with Gasteiger partial charge in [0.1, 0.15) is 17.3 Å². The highest BCUT2D eigenvalue weighted by molar-refractivity contribution is 8.18. The number of phenols is 1. The first kappa shape index (κ1) is 13.5. The van der Waals surface area contributed by atoms with Gasteiger partial charge in [-0.15, -0.1) is 0 Å². The van der Waals surface area contributed by atoms with Crippen LogP contribution in [0.4, 0.5) is 5.69 Å². The summed E-state index contributed by atoms with van der Waals surface area (Å²) in [5, 5.41) is 12.6. The van der Waals surface area contributed by atoms with Crippen LogP contribution in [0.15, 0.2) is 50.7 Å². The molecule has 3 rings (SSSR count). The minimum atomic E-state index is -0.215. The quantitative estimate of drug-likeness (QED) is 0.835. The number of amidine groups is 1. The first-order chi connectivity index (χ1) is 10.1. The molecule has 1 amide bonds. The normalized spacial score (nSPS) is 18.4. The number of benzene rings is 1. The first-order valence-corrected chi connectivity index (χ1v) is 7.07. The van der Waals surface area contributed by atoms with E-state index in [1.165, 1.54) is 17.8 Å². The van der Waals surface area contributed by atoms with Gasteiger partial charge in [0.2, 0.25) is 0 Å². The predicted molar refractivity (Wildman–Crippen MR) is 82.4 cm³/mol. The summed E-state index contributed by atoms with van der Waals surface area (Å²) in [5.74, 6) is 1.34. The van der Waals surface area contributed by atoms with Crippen LogP contribution < -0.4 is 5.32 Å². The Hall–Kier alpha value is -2.47. The zero-order valence-electron chi connectivity index (χ0n) is 11.2. The molecule has 1 aromatic heterocycles. The van der Waals surface area contributed by atoms with E-state index < -0.39 is 0 Å². The van der Waals surface area contributed by atoms with Crippen molar-refractivity contribution in [3.8, 4) is 5.75 Å². The highest BCUT2D eigenvalue weighted by Crippen LogP contribution is 2.29. The molecule has 1 aliphatic heterocycles. The van der Waals surface area contributed by atoms with Gasteiger partial charge >= 0.3 is 0 Å². The second kappa shape index (κ2) is 5.49. The lowest BCUT2D eigenvalue weighted by molar-refractivity contribution is -0.115. The molecule has 2 heterocycles. The number of aliphatic imine (C=N–C) groups is 1. The molecule has 21 heavy (non-hydrogen) atoms. The third-order valence-electron chi connectivity index (χ3n) is 2.75. The molecule has 0 unspecified atom stereocenters. The number of amides is 1. The van der Waals surface area contributed by atoms with Gasteiger partial charge in [-0.05, 0) is 43.0 Å². The van der Waals surface area contributed by atoms with Crippen LogP contribution in [0.3, 0.4) is 0 Å². The molecule has 2 aromatic rings. The van der Waals surface area contributed by atoms with E-state index in [1.54, 1.807) is 30.3 Å². The molecule has 6 heteroatoms. The second-order valence-electron chi connectivity index (χ2n) is 4.45. The molecular weight excluding hydrogens is 288 g/mol. The van der Waals surface area contributed by atoms with Gasteiger partial charge in [-0.2, -0.15) is 0 Å². The van der Waals surface area contributed by atoms with Gasteiger partial charge in [0.15, 0.2) is 5.17 Å². The number of nitrogens with zero attached hydrogens (tertiary/aromatic N) is 1. The van der Waals surface area contributed by atoms with Gasteiger partial charge in [0, 0.05) is 12.1 Å². The topological polar surface area (TPSA) is 74.8 Å². The fraction of sp³-hybridized carbons (Fsp3) is 0.0667. The number of carbonyl (C=O) groups is 1. The first-order valence-electron chi connectivity index (χ1n) is 6.25. The molecular formula is C15H12N2O3S.